The van der Waals surface area contributed by atoms with Crippen LogP contribution in [0.25, 0.3) is 0 Å². The number of methoxy groups -OCH3 is 1. The first-order chi connectivity index (χ1) is 16.1. The van der Waals surface area contributed by atoms with Crippen LogP contribution in [0.15, 0.2) is 89.1 Å². The Balaban J connectivity index is 1.47. The number of hydrogen-bond acceptors (Lipinski definition) is 2. The maximum absolute atomic E-state index is 5.44. The topological polar surface area (TPSA) is 15.5 Å². The molecular formula is C30H34BrN2O+. The van der Waals surface area contributed by atoms with Gasteiger partial charge in [-0.1, -0.05) is 60.2 Å². The lowest BCUT2D eigenvalue weighted by molar-refractivity contribution is -0.401. The van der Waals surface area contributed by atoms with Crippen molar-refractivity contribution in [3.63, 3.8) is 0 Å². The molecule has 2 aliphatic rings. The third-order valence-corrected chi connectivity index (χ3v) is 7.68. The van der Waals surface area contributed by atoms with Gasteiger partial charge >= 0.3 is 0 Å². The van der Waals surface area contributed by atoms with Crippen molar-refractivity contribution in [1.29, 1.82) is 0 Å². The van der Waals surface area contributed by atoms with Crippen molar-refractivity contribution in [2.75, 3.05) is 26.1 Å². The molecule has 4 rings (SSSR count). The monoisotopic (exact) mass is 517 g/mol. The molecule has 3 nitrogen and oxygen atoms in total. The van der Waals surface area contributed by atoms with E-state index >= 15 is 0 Å². The Kier molecular flexibility index (Phi) is 6.48. The highest BCUT2D eigenvalue weighted by Crippen LogP contribution is 2.47. The number of benzene rings is 2. The molecule has 0 bridgehead atoms. The van der Waals surface area contributed by atoms with Crippen LogP contribution in [0.5, 0.6) is 5.75 Å². The van der Waals surface area contributed by atoms with Crippen molar-refractivity contribution in [2.45, 2.75) is 38.5 Å². The zero-order valence-electron chi connectivity index (χ0n) is 21.2. The number of halogens is 1. The molecule has 176 valence electrons. The van der Waals surface area contributed by atoms with Crippen LogP contribution in [0.3, 0.4) is 0 Å². The van der Waals surface area contributed by atoms with Crippen LogP contribution < -0.4 is 9.64 Å². The normalized spacial score (nSPS) is 19.8. The molecule has 0 unspecified atom stereocenters. The summed E-state index contributed by atoms with van der Waals surface area (Å²) < 4.78 is 8.84. The summed E-state index contributed by atoms with van der Waals surface area (Å²) in [5.41, 5.74) is 7.59. The van der Waals surface area contributed by atoms with Gasteiger partial charge in [0.05, 0.1) is 12.5 Å². The van der Waals surface area contributed by atoms with E-state index in [1.807, 2.05) is 6.07 Å². The zero-order valence-corrected chi connectivity index (χ0v) is 22.8. The number of nitrogens with zero attached hydrogens (tertiary/aromatic N) is 2. The van der Waals surface area contributed by atoms with Gasteiger partial charge in [-0.15, -0.1) is 0 Å². The van der Waals surface area contributed by atoms with Crippen LogP contribution in [0.1, 0.15) is 38.8 Å². The number of ether oxygens (including phenoxy) is 1. The van der Waals surface area contributed by atoms with Gasteiger partial charge < -0.3 is 9.64 Å². The predicted octanol–water partition coefficient (Wildman–Crippen LogP) is 7.44. The highest BCUT2D eigenvalue weighted by atomic mass is 79.9. The molecule has 2 aromatic rings. The average molecular weight is 519 g/mol. The van der Waals surface area contributed by atoms with E-state index in [1.165, 1.54) is 33.9 Å². The number of fused-ring (bicyclic) bond motifs is 2. The third-order valence-electron chi connectivity index (χ3n) is 7.19. The Bertz CT molecular complexity index is 1270. The molecule has 0 N–H and O–H groups in total. The molecule has 2 aliphatic heterocycles. The first-order valence-corrected chi connectivity index (χ1v) is 12.4. The molecule has 2 heterocycles. The van der Waals surface area contributed by atoms with Crippen molar-refractivity contribution in [3.8, 4) is 5.75 Å². The van der Waals surface area contributed by atoms with Crippen molar-refractivity contribution in [2.24, 2.45) is 0 Å². The first-order valence-electron chi connectivity index (χ1n) is 11.6. The number of hydrogen-bond donors (Lipinski definition) is 0. The highest BCUT2D eigenvalue weighted by molar-refractivity contribution is 9.10. The van der Waals surface area contributed by atoms with E-state index < -0.39 is 0 Å². The van der Waals surface area contributed by atoms with E-state index in [1.54, 1.807) is 7.11 Å². The molecule has 0 amide bonds. The van der Waals surface area contributed by atoms with Crippen molar-refractivity contribution < 1.29 is 9.31 Å². The summed E-state index contributed by atoms with van der Waals surface area (Å²) in [6.07, 6.45) is 14.9. The van der Waals surface area contributed by atoms with Gasteiger partial charge in [-0.3, -0.25) is 0 Å². The van der Waals surface area contributed by atoms with Crippen LogP contribution in [0.2, 0.25) is 0 Å². The fourth-order valence-electron chi connectivity index (χ4n) is 5.24. The van der Waals surface area contributed by atoms with Gasteiger partial charge in [0, 0.05) is 46.0 Å². The molecular weight excluding hydrogens is 484 g/mol. The van der Waals surface area contributed by atoms with Crippen LogP contribution in [0.4, 0.5) is 11.4 Å². The Morgan fingerprint density at radius 3 is 2.32 bits per heavy atom. The smallest absolute Gasteiger partial charge is 0.209 e. The molecule has 2 aromatic carbocycles. The summed E-state index contributed by atoms with van der Waals surface area (Å²) in [5.74, 6) is 0.899. The Labute approximate surface area is 212 Å². The van der Waals surface area contributed by atoms with Gasteiger partial charge in [0.15, 0.2) is 5.71 Å². The Morgan fingerprint density at radius 2 is 1.59 bits per heavy atom. The molecule has 4 heteroatoms. The number of likely N-dealkylation sites (N-methyl/N-ethyl adjacent to an activating group) is 1. The average Bonchev–Trinajstić information content (AvgIpc) is 3.11. The molecule has 34 heavy (non-hydrogen) atoms. The molecule has 0 aliphatic carbocycles. The standard InChI is InChI=1S/C30H34BrN2O/c1-29(2)23-19-21(31)15-17-25(23)32(5)27(29)13-11-9-8-10-12-14-28-30(3,4)24-20-22(34-7)16-18-26(24)33(28)6/h8-20H,1-7H3/q+1. The lowest BCUT2D eigenvalue weighted by atomic mass is 9.81. The summed E-state index contributed by atoms with van der Waals surface area (Å²) >= 11 is 3.62. The number of rotatable bonds is 5. The van der Waals surface area contributed by atoms with Crippen LogP contribution >= 0.6 is 15.9 Å². The first kappa shape index (κ1) is 24.3. The van der Waals surface area contributed by atoms with E-state index in [0.717, 1.165) is 10.2 Å². The zero-order chi connectivity index (χ0) is 24.7. The van der Waals surface area contributed by atoms with Crippen LogP contribution in [0, 0.1) is 0 Å². The lowest BCUT2D eigenvalue weighted by Crippen LogP contribution is -2.26. The van der Waals surface area contributed by atoms with E-state index in [0.29, 0.717) is 0 Å². The maximum atomic E-state index is 5.44. The molecule has 0 saturated heterocycles. The molecule has 0 radical (unpaired) electrons. The fourth-order valence-corrected chi connectivity index (χ4v) is 5.60. The third kappa shape index (κ3) is 4.09. The van der Waals surface area contributed by atoms with Gasteiger partial charge in [-0.25, -0.2) is 0 Å². The quantitative estimate of drug-likeness (QED) is 0.302. The highest BCUT2D eigenvalue weighted by Gasteiger charge is 2.43. The van der Waals surface area contributed by atoms with E-state index in [4.69, 9.17) is 4.74 Å². The molecule has 0 aromatic heterocycles. The maximum Gasteiger partial charge on any atom is 0.209 e. The molecule has 0 fully saturated rings. The number of allylic oxidation sites excluding steroid dienone is 8. The lowest BCUT2D eigenvalue weighted by Gasteiger charge is -2.23. The van der Waals surface area contributed by atoms with E-state index in [-0.39, 0.29) is 10.8 Å². The van der Waals surface area contributed by atoms with Gasteiger partial charge in [0.2, 0.25) is 5.69 Å². The summed E-state index contributed by atoms with van der Waals surface area (Å²) in [4.78, 5) is 2.29. The predicted molar refractivity (Wildman–Crippen MR) is 148 cm³/mol. The van der Waals surface area contributed by atoms with Crippen LogP contribution in [-0.4, -0.2) is 31.5 Å². The second kappa shape index (κ2) is 9.07. The summed E-state index contributed by atoms with van der Waals surface area (Å²) in [6, 6.07) is 12.8. The SMILES string of the molecule is COc1ccc2c(c1)C(C)(C)C(/C=C/C=C/C=C/C=C1/N(C)c3ccc(Br)cc3C1(C)C)=[N+]2C. The number of anilines is 1. The summed E-state index contributed by atoms with van der Waals surface area (Å²) in [7, 11) is 5.99. The fraction of sp³-hybridized carbons (Fsp3) is 0.300. The minimum Gasteiger partial charge on any atom is -0.497 e. The minimum absolute atomic E-state index is 0.0329. The van der Waals surface area contributed by atoms with Gasteiger partial charge in [0.1, 0.15) is 12.8 Å². The van der Waals surface area contributed by atoms with Gasteiger partial charge in [-0.2, -0.15) is 4.58 Å². The van der Waals surface area contributed by atoms with Gasteiger partial charge in [0.25, 0.3) is 0 Å². The van der Waals surface area contributed by atoms with Crippen molar-refractivity contribution in [1.82, 2.24) is 0 Å². The molecule has 0 spiro atoms. The second-order valence-electron chi connectivity index (χ2n) is 9.98. The summed E-state index contributed by atoms with van der Waals surface area (Å²) in [6.45, 7) is 9.09. The Hall–Kier alpha value is -2.85. The summed E-state index contributed by atoms with van der Waals surface area (Å²) in [5, 5.41) is 0. The molecule has 0 saturated carbocycles. The van der Waals surface area contributed by atoms with Gasteiger partial charge in [-0.05, 0) is 55.8 Å². The van der Waals surface area contributed by atoms with E-state index in [9.17, 15) is 0 Å². The second-order valence-corrected chi connectivity index (χ2v) is 10.9. The van der Waals surface area contributed by atoms with E-state index in [2.05, 4.69) is 140 Å². The Morgan fingerprint density at radius 1 is 0.882 bits per heavy atom. The van der Waals surface area contributed by atoms with Crippen molar-refractivity contribution >= 4 is 33.0 Å². The minimum atomic E-state index is -0.0775. The largest absolute Gasteiger partial charge is 0.497 e. The van der Waals surface area contributed by atoms with Crippen LogP contribution in [-0.2, 0) is 10.8 Å². The molecule has 0 atom stereocenters. The van der Waals surface area contributed by atoms with Crippen molar-refractivity contribution in [3.05, 3.63) is 100 Å².